The fourth-order valence-corrected chi connectivity index (χ4v) is 9.15. The molecule has 1 unspecified atom stereocenters. The van der Waals surface area contributed by atoms with Crippen LogP contribution in [-0.4, -0.2) is 117 Å². The summed E-state index contributed by atoms with van der Waals surface area (Å²) in [5, 5.41) is 10.3. The molecule has 0 radical (unpaired) electrons. The number of fused-ring (bicyclic) bond motifs is 2. The van der Waals surface area contributed by atoms with Crippen molar-refractivity contribution in [2.75, 3.05) is 56.6 Å². The number of amides is 7. The van der Waals surface area contributed by atoms with E-state index in [0.29, 0.717) is 50.5 Å². The molecule has 5 aliphatic rings. The minimum absolute atomic E-state index is 0.00557. The van der Waals surface area contributed by atoms with Gasteiger partial charge >= 0.3 is 12.2 Å². The second kappa shape index (κ2) is 14.6. The number of anilines is 2. The van der Waals surface area contributed by atoms with E-state index in [-0.39, 0.29) is 52.8 Å². The molecule has 60 heavy (non-hydrogen) atoms. The normalized spacial score (nSPS) is 20.7. The van der Waals surface area contributed by atoms with E-state index in [4.69, 9.17) is 9.84 Å². The van der Waals surface area contributed by atoms with E-state index in [2.05, 4.69) is 20.5 Å². The summed E-state index contributed by atoms with van der Waals surface area (Å²) in [6, 6.07) is 10.6. The third-order valence-electron chi connectivity index (χ3n) is 12.5. The van der Waals surface area contributed by atoms with Crippen LogP contribution in [0.4, 0.5) is 29.3 Å². The number of alkyl halides is 3. The van der Waals surface area contributed by atoms with Crippen LogP contribution in [0.1, 0.15) is 81.5 Å². The molecule has 3 saturated heterocycles. The van der Waals surface area contributed by atoms with E-state index >= 15 is 0 Å². The van der Waals surface area contributed by atoms with Gasteiger partial charge in [-0.15, -0.1) is 0 Å². The number of likely N-dealkylation sites (tertiary alicyclic amines) is 1. The van der Waals surface area contributed by atoms with Crippen molar-refractivity contribution >= 4 is 57.8 Å². The van der Waals surface area contributed by atoms with Crippen molar-refractivity contribution in [3.8, 4) is 5.75 Å². The second-order valence-corrected chi connectivity index (χ2v) is 16.1. The zero-order valence-corrected chi connectivity index (χ0v) is 32.5. The number of nitrogens with one attached hydrogen (secondary N) is 2. The summed E-state index contributed by atoms with van der Waals surface area (Å²) in [4.78, 5) is 87.3. The Bertz CT molecular complexity index is 2460. The fourth-order valence-electron chi connectivity index (χ4n) is 9.15. The first-order valence-corrected chi connectivity index (χ1v) is 19.8. The monoisotopic (exact) mass is 827 g/mol. The molecule has 9 rings (SSSR count). The number of rotatable bonds is 6. The minimum Gasteiger partial charge on any atom is -0.494 e. The van der Waals surface area contributed by atoms with Gasteiger partial charge in [-0.1, -0.05) is 6.07 Å². The lowest BCUT2D eigenvalue weighted by Gasteiger charge is -2.52. The van der Waals surface area contributed by atoms with Crippen LogP contribution in [0.25, 0.3) is 10.9 Å². The van der Waals surface area contributed by atoms with Gasteiger partial charge in [-0.3, -0.25) is 38.9 Å². The van der Waals surface area contributed by atoms with Crippen molar-refractivity contribution in [1.82, 2.24) is 34.8 Å². The lowest BCUT2D eigenvalue weighted by Crippen LogP contribution is -2.56. The van der Waals surface area contributed by atoms with Crippen molar-refractivity contribution in [1.29, 1.82) is 0 Å². The molecule has 1 atom stereocenters. The van der Waals surface area contributed by atoms with E-state index in [1.165, 1.54) is 13.2 Å². The number of hydrogen-bond acceptors (Lipinski definition) is 10. The zero-order valence-electron chi connectivity index (χ0n) is 32.5. The number of pyridine rings is 1. The van der Waals surface area contributed by atoms with Gasteiger partial charge in [0.2, 0.25) is 11.8 Å². The average molecular weight is 828 g/mol. The van der Waals surface area contributed by atoms with Crippen LogP contribution in [0.15, 0.2) is 54.7 Å². The van der Waals surface area contributed by atoms with Crippen LogP contribution in [0, 0.1) is 5.41 Å². The number of aromatic nitrogens is 3. The Labute approximate surface area is 340 Å². The van der Waals surface area contributed by atoms with Crippen molar-refractivity contribution in [3.63, 3.8) is 0 Å². The molecule has 4 aliphatic heterocycles. The van der Waals surface area contributed by atoms with Gasteiger partial charge in [0.05, 0.1) is 35.5 Å². The summed E-state index contributed by atoms with van der Waals surface area (Å²) in [5.74, 6) is -2.71. The summed E-state index contributed by atoms with van der Waals surface area (Å²) in [6.45, 7) is 3.32. The molecule has 4 fully saturated rings. The maximum absolute atomic E-state index is 13.6. The molecule has 0 bridgehead atoms. The van der Waals surface area contributed by atoms with Crippen molar-refractivity contribution in [2.24, 2.45) is 5.41 Å². The van der Waals surface area contributed by atoms with Gasteiger partial charge in [-0.05, 0) is 73.9 Å². The third-order valence-corrected chi connectivity index (χ3v) is 12.5. The van der Waals surface area contributed by atoms with Crippen LogP contribution in [0.2, 0.25) is 0 Å². The Kier molecular flexibility index (Phi) is 9.50. The predicted octanol–water partition coefficient (Wildman–Crippen LogP) is 4.47. The summed E-state index contributed by atoms with van der Waals surface area (Å²) >= 11 is 0. The van der Waals surface area contributed by atoms with Gasteiger partial charge in [0.25, 0.3) is 17.7 Å². The van der Waals surface area contributed by atoms with Gasteiger partial charge in [0.1, 0.15) is 23.2 Å². The number of carbonyl (C=O) groups is 6. The van der Waals surface area contributed by atoms with Crippen molar-refractivity contribution < 1.29 is 46.7 Å². The largest absolute Gasteiger partial charge is 0.494 e. The molecule has 16 nitrogen and oxygen atoms in total. The lowest BCUT2D eigenvalue weighted by molar-refractivity contribution is -0.141. The topological polar surface area (TPSA) is 179 Å². The number of piperazine rings is 1. The molecule has 1 saturated carbocycles. The maximum Gasteiger partial charge on any atom is 0.433 e. The van der Waals surface area contributed by atoms with Gasteiger partial charge in [0.15, 0.2) is 0 Å². The van der Waals surface area contributed by atoms with Crippen molar-refractivity contribution in [3.05, 3.63) is 77.2 Å². The Morgan fingerprint density at radius 2 is 1.62 bits per heavy atom. The number of nitrogens with zero attached hydrogens (tertiary/aromatic N) is 7. The average Bonchev–Trinajstić information content (AvgIpc) is 3.75. The standard InChI is InChI=1S/C41H40F3N9O7/c1-60-32-19-29-23(17-30(32)46-35(55)28-3-2-4-33(45-28)41(42,43)44)22-52(48-29)25-20-40(21-25)9-11-50(12-10-40)39(59)51-15-13-49(14-16-51)24-5-6-26-27(18-24)38(58)53(37(26)57)31-7-8-34(54)47-36(31)56/h2-6,17-19,22,25,31H,7-16,20-21H2,1H3,(H,46,55)(H,47,54,56). The van der Waals surface area contributed by atoms with E-state index in [0.717, 1.165) is 53.8 Å². The molecule has 6 heterocycles. The maximum atomic E-state index is 13.6. The van der Waals surface area contributed by atoms with E-state index in [9.17, 15) is 41.9 Å². The quantitative estimate of drug-likeness (QED) is 0.264. The Morgan fingerprint density at radius 1 is 0.900 bits per heavy atom. The number of piperidine rings is 2. The molecule has 312 valence electrons. The van der Waals surface area contributed by atoms with Crippen LogP contribution < -0.4 is 20.3 Å². The molecular weight excluding hydrogens is 788 g/mol. The SMILES string of the molecule is COc1cc2nn(C3CC4(CCN(C(=O)N5CCN(c6ccc7c(c6)C(=O)N(C6CCC(=O)NC6=O)C7=O)CC5)CC4)C3)cc2cc1NC(=O)c1cccc(C(F)(F)F)n1. The molecule has 1 aliphatic carbocycles. The fraction of sp³-hybridized carbons (Fsp3) is 0.415. The van der Waals surface area contributed by atoms with Crippen LogP contribution in [-0.2, 0) is 15.8 Å². The van der Waals surface area contributed by atoms with Crippen LogP contribution in [0.3, 0.4) is 0 Å². The summed E-state index contributed by atoms with van der Waals surface area (Å²) in [5.41, 5.74) is 0.639. The highest BCUT2D eigenvalue weighted by Crippen LogP contribution is 2.55. The van der Waals surface area contributed by atoms with E-state index < -0.39 is 47.4 Å². The highest BCUT2D eigenvalue weighted by Gasteiger charge is 2.48. The number of ether oxygens (including phenoxy) is 1. The first-order valence-electron chi connectivity index (χ1n) is 19.8. The highest BCUT2D eigenvalue weighted by atomic mass is 19.4. The molecule has 2 aromatic carbocycles. The molecule has 19 heteroatoms. The van der Waals surface area contributed by atoms with Gasteiger partial charge in [0, 0.05) is 69.0 Å². The first-order chi connectivity index (χ1) is 28.7. The Hall–Kier alpha value is -6.53. The number of methoxy groups -OCH3 is 1. The number of hydrogen-bond donors (Lipinski definition) is 2. The van der Waals surface area contributed by atoms with Crippen LogP contribution in [0.5, 0.6) is 5.75 Å². The number of urea groups is 1. The van der Waals surface area contributed by atoms with Crippen molar-refractivity contribution in [2.45, 2.75) is 56.8 Å². The van der Waals surface area contributed by atoms with Crippen LogP contribution >= 0.6 is 0 Å². The predicted molar refractivity (Wildman–Crippen MR) is 207 cm³/mol. The minimum atomic E-state index is -4.69. The number of carbonyl (C=O) groups excluding carboxylic acids is 6. The second-order valence-electron chi connectivity index (χ2n) is 16.1. The van der Waals surface area contributed by atoms with Gasteiger partial charge in [-0.25, -0.2) is 9.78 Å². The van der Waals surface area contributed by atoms with E-state index in [1.807, 2.05) is 20.7 Å². The Morgan fingerprint density at radius 3 is 2.32 bits per heavy atom. The molecule has 2 aromatic heterocycles. The first kappa shape index (κ1) is 39.0. The summed E-state index contributed by atoms with van der Waals surface area (Å²) in [6.07, 6.45) is 0.843. The molecule has 1 spiro atoms. The number of imide groups is 2. The number of benzene rings is 2. The smallest absolute Gasteiger partial charge is 0.433 e. The highest BCUT2D eigenvalue weighted by molar-refractivity contribution is 6.23. The lowest BCUT2D eigenvalue weighted by atomic mass is 9.60. The summed E-state index contributed by atoms with van der Waals surface area (Å²) < 4.78 is 46.9. The Balaban J connectivity index is 0.771. The molecular formula is C41H40F3N9O7. The molecule has 2 N–H and O–H groups in total. The molecule has 4 aromatic rings. The summed E-state index contributed by atoms with van der Waals surface area (Å²) in [7, 11) is 1.43. The van der Waals surface area contributed by atoms with Gasteiger partial charge < -0.3 is 24.8 Å². The zero-order chi connectivity index (χ0) is 42.1. The third kappa shape index (κ3) is 6.94. The molecule has 7 amide bonds. The van der Waals surface area contributed by atoms with E-state index in [1.54, 1.807) is 30.3 Å². The number of halogens is 3. The van der Waals surface area contributed by atoms with Gasteiger partial charge in [-0.2, -0.15) is 18.3 Å².